The molecule has 3 heteroatoms. The van der Waals surface area contributed by atoms with Crippen LogP contribution in [0.3, 0.4) is 0 Å². The molecule has 2 rings (SSSR count). The Morgan fingerprint density at radius 2 is 2.15 bits per heavy atom. The number of hydrogen-bond donors (Lipinski definition) is 1. The fourth-order valence-electron chi connectivity index (χ4n) is 1.37. The Labute approximate surface area is 89.7 Å². The van der Waals surface area contributed by atoms with Crippen LogP contribution in [0.15, 0.2) is 28.1 Å². The summed E-state index contributed by atoms with van der Waals surface area (Å²) in [5.74, 6) is 0. The van der Waals surface area contributed by atoms with Crippen molar-refractivity contribution in [2.45, 2.75) is 6.42 Å². The zero-order valence-electron chi connectivity index (χ0n) is 7.09. The quantitative estimate of drug-likeness (QED) is 0.877. The van der Waals surface area contributed by atoms with Gasteiger partial charge in [-0.25, -0.2) is 0 Å². The molecule has 0 fully saturated rings. The largest absolute Gasteiger partial charge is 0.330 e. The van der Waals surface area contributed by atoms with Crippen LogP contribution in [0.4, 0.5) is 0 Å². The van der Waals surface area contributed by atoms with E-state index < -0.39 is 0 Å². The Hall–Kier alpha value is -0.380. The minimum absolute atomic E-state index is 0.720. The molecule has 1 heterocycles. The first-order valence-corrected chi connectivity index (χ1v) is 5.78. The highest BCUT2D eigenvalue weighted by atomic mass is 79.9. The van der Waals surface area contributed by atoms with Gasteiger partial charge in [-0.2, -0.15) is 0 Å². The molecule has 0 amide bonds. The first-order chi connectivity index (χ1) is 6.29. The molecule has 1 aromatic carbocycles. The average Bonchev–Trinajstić information content (AvgIpc) is 2.44. The maximum atomic E-state index is 5.50. The van der Waals surface area contributed by atoms with Crippen molar-refractivity contribution < 1.29 is 0 Å². The Balaban J connectivity index is 2.48. The van der Waals surface area contributed by atoms with Crippen LogP contribution in [0.2, 0.25) is 0 Å². The molecule has 2 N–H and O–H groups in total. The van der Waals surface area contributed by atoms with Crippen molar-refractivity contribution >= 4 is 37.4 Å². The smallest absolute Gasteiger partial charge is 0.0711 e. The van der Waals surface area contributed by atoms with Gasteiger partial charge in [-0.3, -0.25) is 0 Å². The van der Waals surface area contributed by atoms with Crippen molar-refractivity contribution in [2.75, 3.05) is 6.54 Å². The van der Waals surface area contributed by atoms with Gasteiger partial charge >= 0.3 is 0 Å². The highest BCUT2D eigenvalue weighted by Gasteiger charge is 1.99. The van der Waals surface area contributed by atoms with Crippen LogP contribution in [0.25, 0.3) is 10.1 Å². The molecule has 0 saturated carbocycles. The SMILES string of the molecule is NCCc1ccc2cc(Br)sc2c1. The van der Waals surface area contributed by atoms with Gasteiger partial charge in [0.15, 0.2) is 0 Å². The van der Waals surface area contributed by atoms with Crippen LogP contribution in [-0.4, -0.2) is 6.54 Å². The highest BCUT2D eigenvalue weighted by molar-refractivity contribution is 9.11. The number of fused-ring (bicyclic) bond motifs is 1. The second-order valence-corrected chi connectivity index (χ2v) is 5.42. The summed E-state index contributed by atoms with van der Waals surface area (Å²) in [7, 11) is 0. The van der Waals surface area contributed by atoms with Gasteiger partial charge in [0, 0.05) is 4.70 Å². The Morgan fingerprint density at radius 1 is 1.31 bits per heavy atom. The molecule has 0 spiro atoms. The molecule has 1 nitrogen and oxygen atoms in total. The van der Waals surface area contributed by atoms with Gasteiger partial charge in [0.25, 0.3) is 0 Å². The molecule has 0 unspecified atom stereocenters. The molecule has 2 aromatic rings. The molecule has 0 aliphatic carbocycles. The summed E-state index contributed by atoms with van der Waals surface area (Å²) in [5, 5.41) is 1.30. The molecule has 0 bridgehead atoms. The summed E-state index contributed by atoms with van der Waals surface area (Å²) in [6.45, 7) is 0.720. The third kappa shape index (κ3) is 1.93. The van der Waals surface area contributed by atoms with Crippen molar-refractivity contribution in [3.63, 3.8) is 0 Å². The van der Waals surface area contributed by atoms with Crippen molar-refractivity contribution in [1.82, 2.24) is 0 Å². The second-order valence-electron chi connectivity index (χ2n) is 2.96. The lowest BCUT2D eigenvalue weighted by atomic mass is 10.1. The van der Waals surface area contributed by atoms with Gasteiger partial charge < -0.3 is 5.73 Å². The Bertz CT molecular complexity index is 422. The zero-order valence-corrected chi connectivity index (χ0v) is 9.49. The molecule has 0 atom stereocenters. The lowest BCUT2D eigenvalue weighted by Gasteiger charge is -1.97. The van der Waals surface area contributed by atoms with Gasteiger partial charge in [0.05, 0.1) is 3.79 Å². The van der Waals surface area contributed by atoms with Crippen molar-refractivity contribution in [3.8, 4) is 0 Å². The number of halogens is 1. The molecule has 1 aromatic heterocycles. The van der Waals surface area contributed by atoms with E-state index in [0.29, 0.717) is 0 Å². The summed E-state index contributed by atoms with van der Waals surface area (Å²) in [4.78, 5) is 0. The van der Waals surface area contributed by atoms with E-state index in [-0.39, 0.29) is 0 Å². The van der Waals surface area contributed by atoms with E-state index in [1.54, 1.807) is 11.3 Å². The van der Waals surface area contributed by atoms with Crippen LogP contribution < -0.4 is 5.73 Å². The molecule has 0 saturated heterocycles. The fourth-order valence-corrected chi connectivity index (χ4v) is 2.99. The van der Waals surface area contributed by atoms with Gasteiger partial charge in [-0.15, -0.1) is 11.3 Å². The van der Waals surface area contributed by atoms with Crippen LogP contribution >= 0.6 is 27.3 Å². The third-order valence-electron chi connectivity index (χ3n) is 1.99. The summed E-state index contributed by atoms with van der Waals surface area (Å²) in [6.07, 6.45) is 0.964. The minimum Gasteiger partial charge on any atom is -0.330 e. The summed E-state index contributed by atoms with van der Waals surface area (Å²) >= 11 is 5.25. The topological polar surface area (TPSA) is 26.0 Å². The lowest BCUT2D eigenvalue weighted by Crippen LogP contribution is -2.01. The van der Waals surface area contributed by atoms with Crippen molar-refractivity contribution in [1.29, 1.82) is 0 Å². The van der Waals surface area contributed by atoms with Crippen molar-refractivity contribution in [2.24, 2.45) is 5.73 Å². The van der Waals surface area contributed by atoms with Gasteiger partial charge in [0.1, 0.15) is 0 Å². The first kappa shape index (κ1) is 9.19. The second kappa shape index (κ2) is 3.78. The summed E-state index contributed by atoms with van der Waals surface area (Å²) in [6, 6.07) is 8.67. The summed E-state index contributed by atoms with van der Waals surface area (Å²) < 4.78 is 2.52. The Morgan fingerprint density at radius 3 is 2.92 bits per heavy atom. The standard InChI is InChI=1S/C10H10BrNS/c11-10-6-8-2-1-7(3-4-12)5-9(8)13-10/h1-2,5-6H,3-4,12H2. The van der Waals surface area contributed by atoms with Gasteiger partial charge in [-0.05, 0) is 52.0 Å². The highest BCUT2D eigenvalue weighted by Crippen LogP contribution is 2.30. The summed E-state index contributed by atoms with van der Waals surface area (Å²) in [5.41, 5.74) is 6.83. The number of nitrogens with two attached hydrogens (primary N) is 1. The molecule has 68 valence electrons. The average molecular weight is 256 g/mol. The van der Waals surface area contributed by atoms with E-state index in [2.05, 4.69) is 40.2 Å². The number of hydrogen-bond acceptors (Lipinski definition) is 2. The maximum Gasteiger partial charge on any atom is 0.0711 e. The number of benzene rings is 1. The van der Waals surface area contributed by atoms with Crippen LogP contribution in [0, 0.1) is 0 Å². The molecule has 0 aliphatic heterocycles. The van der Waals surface area contributed by atoms with Crippen LogP contribution in [0.1, 0.15) is 5.56 Å². The molecule has 0 radical (unpaired) electrons. The van der Waals surface area contributed by atoms with E-state index in [1.165, 1.54) is 19.4 Å². The molecular weight excluding hydrogens is 246 g/mol. The Kier molecular flexibility index (Phi) is 2.67. The number of thiophene rings is 1. The predicted molar refractivity (Wildman–Crippen MR) is 62.3 cm³/mol. The van der Waals surface area contributed by atoms with Gasteiger partial charge in [-0.1, -0.05) is 12.1 Å². The van der Waals surface area contributed by atoms with E-state index in [0.717, 1.165) is 13.0 Å². The number of rotatable bonds is 2. The fraction of sp³-hybridized carbons (Fsp3) is 0.200. The molecular formula is C10H10BrNS. The molecule has 0 aliphatic rings. The first-order valence-electron chi connectivity index (χ1n) is 4.17. The lowest BCUT2D eigenvalue weighted by molar-refractivity contribution is 0.971. The third-order valence-corrected chi connectivity index (χ3v) is 3.59. The van der Waals surface area contributed by atoms with Gasteiger partial charge in [0.2, 0.25) is 0 Å². The molecule has 13 heavy (non-hydrogen) atoms. The zero-order chi connectivity index (χ0) is 9.26. The normalized spacial score (nSPS) is 10.9. The van der Waals surface area contributed by atoms with E-state index in [9.17, 15) is 0 Å². The minimum atomic E-state index is 0.720. The van der Waals surface area contributed by atoms with E-state index in [4.69, 9.17) is 5.73 Å². The maximum absolute atomic E-state index is 5.50. The van der Waals surface area contributed by atoms with Crippen LogP contribution in [0.5, 0.6) is 0 Å². The predicted octanol–water partition coefficient (Wildman–Crippen LogP) is 3.17. The van der Waals surface area contributed by atoms with Crippen LogP contribution in [-0.2, 0) is 6.42 Å². The van der Waals surface area contributed by atoms with Crippen molar-refractivity contribution in [3.05, 3.63) is 33.6 Å². The monoisotopic (exact) mass is 255 g/mol. The van der Waals surface area contributed by atoms with E-state index >= 15 is 0 Å². The van der Waals surface area contributed by atoms with E-state index in [1.807, 2.05) is 0 Å².